The SMILES string of the molecule is CCc1c2c(nc3ccc(OC(=O)N4CCN(C)CC4)cc13)-c1cc3c(c(=O)n1C2)COC(=O)[C@]3(O)CC.Cl. The van der Waals surface area contributed by atoms with Crippen molar-refractivity contribution in [2.75, 3.05) is 33.2 Å². The van der Waals surface area contributed by atoms with Crippen LogP contribution in [0.2, 0.25) is 0 Å². The second kappa shape index (κ2) is 9.93. The highest BCUT2D eigenvalue weighted by atomic mass is 35.5. The molecule has 10 nitrogen and oxygen atoms in total. The van der Waals surface area contributed by atoms with Gasteiger partial charge < -0.3 is 28.9 Å². The molecule has 1 aromatic carbocycles. The fourth-order valence-electron chi connectivity index (χ4n) is 5.76. The summed E-state index contributed by atoms with van der Waals surface area (Å²) in [5, 5.41) is 12.0. The van der Waals surface area contributed by atoms with Gasteiger partial charge in [0.05, 0.1) is 29.0 Å². The summed E-state index contributed by atoms with van der Waals surface area (Å²) in [6.07, 6.45) is 0.407. The lowest BCUT2D eigenvalue weighted by atomic mass is 9.86. The molecule has 3 aromatic rings. The van der Waals surface area contributed by atoms with Gasteiger partial charge in [-0.15, -0.1) is 12.4 Å². The van der Waals surface area contributed by atoms with Crippen LogP contribution in [0.5, 0.6) is 5.75 Å². The van der Waals surface area contributed by atoms with E-state index >= 15 is 0 Å². The molecule has 6 rings (SSSR count). The van der Waals surface area contributed by atoms with Crippen molar-refractivity contribution < 1.29 is 24.2 Å². The molecule has 0 aliphatic carbocycles. The molecule has 206 valence electrons. The summed E-state index contributed by atoms with van der Waals surface area (Å²) in [6, 6.07) is 7.11. The second-order valence-corrected chi connectivity index (χ2v) is 10.2. The van der Waals surface area contributed by atoms with Crippen LogP contribution in [0.4, 0.5) is 4.79 Å². The quantitative estimate of drug-likeness (QED) is 0.385. The highest BCUT2D eigenvalue weighted by molar-refractivity contribution is 5.90. The topological polar surface area (TPSA) is 114 Å². The molecule has 1 fully saturated rings. The Kier molecular flexibility index (Phi) is 6.90. The Morgan fingerprint density at radius 1 is 1.13 bits per heavy atom. The second-order valence-electron chi connectivity index (χ2n) is 10.2. The number of hydrogen-bond acceptors (Lipinski definition) is 8. The maximum Gasteiger partial charge on any atom is 0.415 e. The molecule has 1 amide bonds. The normalized spacial score (nSPS) is 20.1. The largest absolute Gasteiger partial charge is 0.458 e. The fourth-order valence-corrected chi connectivity index (χ4v) is 5.76. The predicted molar refractivity (Wildman–Crippen MR) is 146 cm³/mol. The lowest BCUT2D eigenvalue weighted by Gasteiger charge is -2.31. The molecule has 39 heavy (non-hydrogen) atoms. The van der Waals surface area contributed by atoms with E-state index in [1.54, 1.807) is 28.5 Å². The van der Waals surface area contributed by atoms with Crippen molar-refractivity contribution in [2.45, 2.75) is 45.4 Å². The summed E-state index contributed by atoms with van der Waals surface area (Å²) >= 11 is 0. The Labute approximate surface area is 231 Å². The molecular weight excluding hydrogens is 524 g/mol. The number of rotatable bonds is 3. The maximum absolute atomic E-state index is 13.5. The monoisotopic (exact) mass is 554 g/mol. The Morgan fingerprint density at radius 3 is 2.56 bits per heavy atom. The summed E-state index contributed by atoms with van der Waals surface area (Å²) in [6.45, 7) is 6.75. The number of benzene rings is 1. The van der Waals surface area contributed by atoms with Gasteiger partial charge in [0.2, 0.25) is 0 Å². The van der Waals surface area contributed by atoms with E-state index in [2.05, 4.69) is 4.90 Å². The zero-order chi connectivity index (χ0) is 26.8. The average Bonchev–Trinajstić information content (AvgIpc) is 3.28. The molecule has 1 atom stereocenters. The molecular formula is C28H31ClN4O6. The van der Waals surface area contributed by atoms with E-state index in [0.29, 0.717) is 59.8 Å². The van der Waals surface area contributed by atoms with Crippen LogP contribution in [0.15, 0.2) is 29.1 Å². The Hall–Kier alpha value is -3.47. The smallest absolute Gasteiger partial charge is 0.415 e. The Morgan fingerprint density at radius 2 is 1.87 bits per heavy atom. The molecule has 0 bridgehead atoms. The predicted octanol–water partition coefficient (Wildman–Crippen LogP) is 2.81. The number of aryl methyl sites for hydroxylation is 1. The number of hydrogen-bond donors (Lipinski definition) is 1. The fraction of sp³-hybridized carbons (Fsp3) is 0.429. The van der Waals surface area contributed by atoms with Crippen LogP contribution in [0.3, 0.4) is 0 Å². The third-order valence-corrected chi connectivity index (χ3v) is 8.10. The van der Waals surface area contributed by atoms with Gasteiger partial charge in [0, 0.05) is 42.7 Å². The number of likely N-dealkylation sites (N-methyl/N-ethyl adjacent to an activating group) is 1. The van der Waals surface area contributed by atoms with Crippen LogP contribution in [0.1, 0.15) is 42.5 Å². The Bertz CT molecular complexity index is 1560. The molecule has 11 heteroatoms. The maximum atomic E-state index is 13.5. The zero-order valence-corrected chi connectivity index (χ0v) is 23.0. The van der Waals surface area contributed by atoms with Gasteiger partial charge in [-0.3, -0.25) is 4.79 Å². The highest BCUT2D eigenvalue weighted by Gasteiger charge is 2.45. The van der Waals surface area contributed by atoms with Gasteiger partial charge in [-0.05, 0) is 49.7 Å². The minimum atomic E-state index is -1.86. The minimum Gasteiger partial charge on any atom is -0.458 e. The third-order valence-electron chi connectivity index (χ3n) is 8.10. The minimum absolute atomic E-state index is 0. The average molecular weight is 555 g/mol. The van der Waals surface area contributed by atoms with E-state index in [1.165, 1.54) is 0 Å². The number of aliphatic hydroxyl groups is 1. The van der Waals surface area contributed by atoms with Crippen molar-refractivity contribution in [1.82, 2.24) is 19.4 Å². The van der Waals surface area contributed by atoms with E-state index < -0.39 is 11.6 Å². The number of carbonyl (C=O) groups is 2. The van der Waals surface area contributed by atoms with E-state index in [1.807, 2.05) is 26.1 Å². The molecule has 0 spiro atoms. The highest BCUT2D eigenvalue weighted by Crippen LogP contribution is 2.40. The number of ether oxygens (including phenoxy) is 2. The summed E-state index contributed by atoms with van der Waals surface area (Å²) in [4.78, 5) is 47.4. The number of pyridine rings is 2. The molecule has 5 heterocycles. The van der Waals surface area contributed by atoms with Crippen LogP contribution in [-0.4, -0.2) is 69.7 Å². The molecule has 3 aliphatic rings. The first-order chi connectivity index (χ1) is 18.2. The van der Waals surface area contributed by atoms with Gasteiger partial charge in [0.15, 0.2) is 5.60 Å². The molecule has 0 saturated carbocycles. The van der Waals surface area contributed by atoms with E-state index in [-0.39, 0.29) is 37.1 Å². The zero-order valence-electron chi connectivity index (χ0n) is 22.2. The first-order valence-electron chi connectivity index (χ1n) is 13.0. The van der Waals surface area contributed by atoms with Crippen molar-refractivity contribution in [3.8, 4) is 17.1 Å². The molecule has 0 unspecified atom stereocenters. The van der Waals surface area contributed by atoms with Gasteiger partial charge in [0.1, 0.15) is 12.4 Å². The number of carbonyl (C=O) groups excluding carboxylic acids is 2. The van der Waals surface area contributed by atoms with Gasteiger partial charge >= 0.3 is 12.1 Å². The Balaban J connectivity index is 0.00000308. The van der Waals surface area contributed by atoms with Gasteiger partial charge in [-0.2, -0.15) is 0 Å². The number of cyclic esters (lactones) is 1. The first-order valence-corrected chi connectivity index (χ1v) is 13.0. The van der Waals surface area contributed by atoms with Crippen molar-refractivity contribution in [3.63, 3.8) is 0 Å². The molecule has 2 aromatic heterocycles. The van der Waals surface area contributed by atoms with Crippen molar-refractivity contribution in [3.05, 3.63) is 56.9 Å². The van der Waals surface area contributed by atoms with Crippen molar-refractivity contribution in [2.24, 2.45) is 0 Å². The summed E-state index contributed by atoms with van der Waals surface area (Å²) in [7, 11) is 2.03. The van der Waals surface area contributed by atoms with Gasteiger partial charge in [-0.1, -0.05) is 13.8 Å². The lowest BCUT2D eigenvalue weighted by Crippen LogP contribution is -2.48. The van der Waals surface area contributed by atoms with E-state index in [4.69, 9.17) is 14.5 Å². The van der Waals surface area contributed by atoms with Crippen LogP contribution < -0.4 is 10.3 Å². The molecule has 3 aliphatic heterocycles. The number of nitrogens with zero attached hydrogens (tertiary/aromatic N) is 4. The summed E-state index contributed by atoms with van der Waals surface area (Å²) in [5.41, 5.74) is 2.32. The van der Waals surface area contributed by atoms with Crippen LogP contribution in [-0.2, 0) is 34.7 Å². The van der Waals surface area contributed by atoms with Gasteiger partial charge in [-0.25, -0.2) is 14.6 Å². The van der Waals surface area contributed by atoms with Crippen molar-refractivity contribution >= 4 is 35.4 Å². The van der Waals surface area contributed by atoms with Crippen LogP contribution in [0.25, 0.3) is 22.3 Å². The molecule has 1 saturated heterocycles. The summed E-state index contributed by atoms with van der Waals surface area (Å²) in [5.74, 6) is -0.292. The lowest BCUT2D eigenvalue weighted by molar-refractivity contribution is -0.172. The van der Waals surface area contributed by atoms with Crippen LogP contribution >= 0.6 is 12.4 Å². The van der Waals surface area contributed by atoms with E-state index in [9.17, 15) is 19.5 Å². The number of aromatic nitrogens is 2. The van der Waals surface area contributed by atoms with Gasteiger partial charge in [0.25, 0.3) is 5.56 Å². The standard InChI is InChI=1S/C28H30N4O6.ClH/c1-4-17-18-12-16(38-27(35)31-10-8-30(3)9-11-31)6-7-22(18)29-24-19(17)14-32-23(24)13-21-20(25(32)33)15-37-26(34)28(21,36)5-2;/h6-7,12-13,36H,4-5,8-11,14-15H2,1-3H3;1H/t28-;/m0./s1. The number of piperazine rings is 1. The van der Waals surface area contributed by atoms with E-state index in [0.717, 1.165) is 29.6 Å². The summed E-state index contributed by atoms with van der Waals surface area (Å²) < 4.78 is 12.5. The number of esters is 1. The molecule has 1 N–H and O–H groups in total. The molecule has 0 radical (unpaired) electrons. The van der Waals surface area contributed by atoms with Crippen molar-refractivity contribution in [1.29, 1.82) is 0 Å². The number of halogens is 1. The number of fused-ring (bicyclic) bond motifs is 5. The number of amides is 1. The first kappa shape index (κ1) is 27.1. The third kappa shape index (κ3) is 4.18. The van der Waals surface area contributed by atoms with Crippen LogP contribution in [0, 0.1) is 0 Å².